The van der Waals surface area contributed by atoms with Gasteiger partial charge in [-0.15, -0.1) is 12.4 Å². The molecule has 326 valence electrons. The van der Waals surface area contributed by atoms with Crippen LogP contribution in [-0.2, 0) is 19.5 Å². The fourth-order valence-corrected chi connectivity index (χ4v) is 14.0. The third kappa shape index (κ3) is 15.8. The molecule has 0 spiro atoms. The first-order valence-electron chi connectivity index (χ1n) is 21.6. The molecule has 10 aromatic rings. The van der Waals surface area contributed by atoms with E-state index in [4.69, 9.17) is 0 Å². The van der Waals surface area contributed by atoms with E-state index in [1.54, 1.807) is 0 Å². The molecule has 5 heteroatoms. The first-order valence-corrected chi connectivity index (χ1v) is 25.6. The molecule has 0 aliphatic rings. The molecule has 0 radical (unpaired) electrons. The first-order chi connectivity index (χ1) is 31.7. The van der Waals surface area contributed by atoms with Gasteiger partial charge in [0.15, 0.2) is 0 Å². The zero-order valence-corrected chi connectivity index (χ0v) is 42.2. The van der Waals surface area contributed by atoms with Gasteiger partial charge in [0.1, 0.15) is 0 Å². The Morgan fingerprint density at radius 3 is 0.379 bits per heavy atom. The number of aryl methyl sites for hydroxylation is 1. The van der Waals surface area contributed by atoms with Gasteiger partial charge in [0.05, 0.1) is 0 Å². The second-order valence-electron chi connectivity index (χ2n) is 14.7. The number of hydrogen-bond acceptors (Lipinski definition) is 0. The summed E-state index contributed by atoms with van der Waals surface area (Å²) in [6.07, 6.45) is 0. The van der Waals surface area contributed by atoms with Crippen molar-refractivity contribution in [3.05, 3.63) is 309 Å². The van der Waals surface area contributed by atoms with Gasteiger partial charge in [-0.25, -0.2) is 0 Å². The van der Waals surface area contributed by atoms with Crippen molar-refractivity contribution in [1.82, 2.24) is 0 Å². The van der Waals surface area contributed by atoms with Gasteiger partial charge in [-0.3, -0.25) is 0 Å². The predicted octanol–water partition coefficient (Wildman–Crippen LogP) is 12.7. The van der Waals surface area contributed by atoms with Gasteiger partial charge in [-0.2, -0.15) is 0 Å². The van der Waals surface area contributed by atoms with Crippen LogP contribution in [0.15, 0.2) is 303 Å². The van der Waals surface area contributed by atoms with Crippen molar-refractivity contribution in [3.8, 4) is 0 Å². The fourth-order valence-electron chi connectivity index (χ4n) is 7.07. The molecular weight excluding hydrogens is 962 g/mol. The fraction of sp³-hybridized carbons (Fsp3) is 0.0164. The summed E-state index contributed by atoms with van der Waals surface area (Å²) in [4.78, 5) is 0. The van der Waals surface area contributed by atoms with Gasteiger partial charge in [0.25, 0.3) is 0 Å². The van der Waals surface area contributed by atoms with Crippen LogP contribution in [0.3, 0.4) is 0 Å². The van der Waals surface area contributed by atoms with Gasteiger partial charge < -0.3 is 0 Å². The minimum absolute atomic E-state index is 0. The number of halogens is 1. The minimum Gasteiger partial charge on any atom is -0.147 e. The minimum atomic E-state index is -0.446. The smallest absolute Gasteiger partial charge is 0.147 e. The van der Waals surface area contributed by atoms with Crippen LogP contribution in [0.2, 0.25) is 0 Å². The maximum atomic E-state index is 2.23. The maximum Gasteiger partial charge on any atom is 2.00 e. The van der Waals surface area contributed by atoms with E-state index in [-0.39, 0.29) is 31.9 Å². The molecule has 0 unspecified atom stereocenters. The van der Waals surface area contributed by atoms with Crippen molar-refractivity contribution < 1.29 is 19.5 Å². The van der Waals surface area contributed by atoms with Crippen molar-refractivity contribution in [3.63, 3.8) is 0 Å². The molecular formula is C61H54ClP3Ru+2. The standard InChI is InChI=1S/3C18H15P.C7H8.ClH.Ru/c3*1-4-10-16(11-5-1)19(17-12-6-2-7-13-17)18-14-8-3-9-15-18;1-7-5-3-2-4-6-7;;/h3*1-15H;2-6H,1H3;1H;/q;;;;;+2. The number of hydrogen-bond donors (Lipinski definition) is 0. The van der Waals surface area contributed by atoms with E-state index >= 15 is 0 Å². The van der Waals surface area contributed by atoms with Crippen LogP contribution in [0, 0.1) is 6.92 Å². The maximum absolute atomic E-state index is 2.23. The van der Waals surface area contributed by atoms with Crippen LogP contribution in [0.25, 0.3) is 0 Å². The average Bonchev–Trinajstić information content (AvgIpc) is 3.38. The zero-order chi connectivity index (χ0) is 43.9. The van der Waals surface area contributed by atoms with E-state index in [0.717, 1.165) is 0 Å². The normalized spacial score (nSPS) is 10.1. The van der Waals surface area contributed by atoms with Crippen LogP contribution >= 0.6 is 36.2 Å². The van der Waals surface area contributed by atoms with Crippen LogP contribution in [-0.4, -0.2) is 0 Å². The monoisotopic (exact) mass is 1020 g/mol. The van der Waals surface area contributed by atoms with E-state index < -0.39 is 23.8 Å². The van der Waals surface area contributed by atoms with Gasteiger partial charge in [-0.1, -0.05) is 309 Å². The Hall–Kier alpha value is -5.60. The molecule has 0 aliphatic heterocycles. The molecule has 0 heterocycles. The molecule has 0 aliphatic carbocycles. The van der Waals surface area contributed by atoms with Crippen LogP contribution in [0.1, 0.15) is 5.56 Å². The van der Waals surface area contributed by atoms with Crippen LogP contribution in [0.5, 0.6) is 0 Å². The van der Waals surface area contributed by atoms with Gasteiger partial charge in [-0.05, 0) is 78.4 Å². The largest absolute Gasteiger partial charge is 2.00 e. The number of benzene rings is 10. The summed E-state index contributed by atoms with van der Waals surface area (Å²) in [5, 5.41) is 12.6. The number of rotatable bonds is 9. The summed E-state index contributed by atoms with van der Waals surface area (Å²) in [6, 6.07) is 107. The SMILES string of the molecule is Cc1ccccc1.Cl.[Ru+2].c1ccc(P(c2ccccc2)c2ccccc2)cc1.c1ccc(P(c2ccccc2)c2ccccc2)cc1.c1ccc(P(c2ccccc2)c2ccccc2)cc1. The Balaban J connectivity index is 0.000000170. The molecule has 0 aromatic heterocycles. The Labute approximate surface area is 416 Å². The molecule has 66 heavy (non-hydrogen) atoms. The van der Waals surface area contributed by atoms with E-state index in [1.165, 1.54) is 53.3 Å². The molecule has 0 bridgehead atoms. The van der Waals surface area contributed by atoms with Crippen molar-refractivity contribution in [2.75, 3.05) is 0 Å². The Bertz CT molecular complexity index is 2180. The van der Waals surface area contributed by atoms with Crippen LogP contribution in [0.4, 0.5) is 0 Å². The first kappa shape index (κ1) is 51.4. The van der Waals surface area contributed by atoms with E-state index in [9.17, 15) is 0 Å². The van der Waals surface area contributed by atoms with Gasteiger partial charge in [0.2, 0.25) is 0 Å². The molecule has 0 fully saturated rings. The molecule has 10 aromatic carbocycles. The third-order valence-electron chi connectivity index (χ3n) is 10.1. The Morgan fingerprint density at radius 1 is 0.182 bits per heavy atom. The average molecular weight is 1020 g/mol. The van der Waals surface area contributed by atoms with Crippen molar-refractivity contribution in [1.29, 1.82) is 0 Å². The van der Waals surface area contributed by atoms with E-state index in [1.807, 2.05) is 18.2 Å². The molecule has 10 rings (SSSR count). The van der Waals surface area contributed by atoms with Gasteiger partial charge >= 0.3 is 19.5 Å². The summed E-state index contributed by atoms with van der Waals surface area (Å²) in [6.45, 7) is 2.08. The van der Waals surface area contributed by atoms with E-state index in [2.05, 4.69) is 292 Å². The quantitative estimate of drug-likeness (QED) is 0.0998. The van der Waals surface area contributed by atoms with Gasteiger partial charge in [0, 0.05) is 0 Å². The third-order valence-corrected chi connectivity index (χ3v) is 17.4. The molecule has 0 saturated carbocycles. The second kappa shape index (κ2) is 29.1. The van der Waals surface area contributed by atoms with E-state index in [0.29, 0.717) is 0 Å². The van der Waals surface area contributed by atoms with Crippen LogP contribution < -0.4 is 47.7 Å². The van der Waals surface area contributed by atoms with Crippen molar-refractivity contribution >= 4 is 83.9 Å². The Morgan fingerprint density at radius 2 is 0.288 bits per heavy atom. The summed E-state index contributed by atoms with van der Waals surface area (Å²) in [5.74, 6) is 0. The van der Waals surface area contributed by atoms with Crippen molar-refractivity contribution in [2.24, 2.45) is 0 Å². The molecule has 0 nitrogen and oxygen atoms in total. The summed E-state index contributed by atoms with van der Waals surface area (Å²) in [5.41, 5.74) is 1.32. The topological polar surface area (TPSA) is 0 Å². The second-order valence-corrected chi connectivity index (χ2v) is 21.3. The zero-order valence-electron chi connectivity index (χ0n) is 37.0. The molecule has 0 N–H and O–H groups in total. The summed E-state index contributed by atoms with van der Waals surface area (Å²) in [7, 11) is -1.34. The molecule has 0 saturated heterocycles. The molecule has 0 atom stereocenters. The van der Waals surface area contributed by atoms with Crippen molar-refractivity contribution in [2.45, 2.75) is 6.92 Å². The molecule has 0 amide bonds. The summed E-state index contributed by atoms with van der Waals surface area (Å²) < 4.78 is 0. The Kier molecular flexibility index (Phi) is 22.7. The summed E-state index contributed by atoms with van der Waals surface area (Å²) >= 11 is 0. The predicted molar refractivity (Wildman–Crippen MR) is 294 cm³/mol.